The number of anilines is 1. The number of amides is 2. The highest BCUT2D eigenvalue weighted by atomic mass is 79.9. The Morgan fingerprint density at radius 1 is 1.09 bits per heavy atom. The Labute approximate surface area is 143 Å². The Morgan fingerprint density at radius 2 is 1.83 bits per heavy atom. The van der Waals surface area contributed by atoms with Gasteiger partial charge in [-0.05, 0) is 59.1 Å². The van der Waals surface area contributed by atoms with Crippen molar-refractivity contribution in [3.8, 4) is 0 Å². The van der Waals surface area contributed by atoms with Crippen LogP contribution < -0.4 is 10.6 Å². The number of hydrogen-bond acceptors (Lipinski definition) is 3. The van der Waals surface area contributed by atoms with Gasteiger partial charge in [0.2, 0.25) is 0 Å². The standard InChI is InChI=1S/C17H19BrN2O3/c1-10(2)11(3)19-16(21)12-5-4-6-13(9-12)20-17(22)14-7-8-15(18)23-14/h4-11H,1-3H3,(H,19,21)(H,20,22). The van der Waals surface area contributed by atoms with E-state index in [-0.39, 0.29) is 23.6 Å². The molecule has 122 valence electrons. The molecule has 0 saturated carbocycles. The van der Waals surface area contributed by atoms with Gasteiger partial charge in [0.1, 0.15) is 0 Å². The number of halogens is 1. The minimum atomic E-state index is -0.371. The van der Waals surface area contributed by atoms with E-state index in [0.29, 0.717) is 21.8 Å². The van der Waals surface area contributed by atoms with Crippen LogP contribution >= 0.6 is 15.9 Å². The lowest BCUT2D eigenvalue weighted by molar-refractivity contribution is 0.0929. The summed E-state index contributed by atoms with van der Waals surface area (Å²) in [4.78, 5) is 24.3. The molecule has 0 saturated heterocycles. The first kappa shape index (κ1) is 17.3. The average molecular weight is 379 g/mol. The minimum Gasteiger partial charge on any atom is -0.444 e. The van der Waals surface area contributed by atoms with Crippen LogP contribution in [-0.2, 0) is 0 Å². The summed E-state index contributed by atoms with van der Waals surface area (Å²) in [5.74, 6) is 0.00578. The molecule has 0 bridgehead atoms. The van der Waals surface area contributed by atoms with E-state index in [1.165, 1.54) is 0 Å². The highest BCUT2D eigenvalue weighted by molar-refractivity contribution is 9.10. The van der Waals surface area contributed by atoms with E-state index in [1.807, 2.05) is 20.8 Å². The molecule has 1 aromatic heterocycles. The van der Waals surface area contributed by atoms with Crippen LogP contribution in [-0.4, -0.2) is 17.9 Å². The molecule has 1 atom stereocenters. The predicted octanol–water partition coefficient (Wildman–Crippen LogP) is 4.07. The molecule has 2 amide bonds. The van der Waals surface area contributed by atoms with Gasteiger partial charge >= 0.3 is 0 Å². The normalized spacial score (nSPS) is 12.0. The van der Waals surface area contributed by atoms with Crippen LogP contribution in [0.4, 0.5) is 5.69 Å². The van der Waals surface area contributed by atoms with Gasteiger partial charge < -0.3 is 15.1 Å². The van der Waals surface area contributed by atoms with Gasteiger partial charge in [0, 0.05) is 17.3 Å². The molecule has 23 heavy (non-hydrogen) atoms. The summed E-state index contributed by atoms with van der Waals surface area (Å²) in [7, 11) is 0. The van der Waals surface area contributed by atoms with Crippen LogP contribution in [0.15, 0.2) is 45.5 Å². The van der Waals surface area contributed by atoms with Crippen molar-refractivity contribution >= 4 is 33.4 Å². The third-order valence-corrected chi connectivity index (χ3v) is 3.96. The molecule has 6 heteroatoms. The fraction of sp³-hybridized carbons (Fsp3) is 0.294. The van der Waals surface area contributed by atoms with E-state index >= 15 is 0 Å². The molecule has 0 aliphatic carbocycles. The van der Waals surface area contributed by atoms with E-state index in [0.717, 1.165) is 0 Å². The van der Waals surface area contributed by atoms with Gasteiger partial charge in [-0.1, -0.05) is 19.9 Å². The molecule has 1 heterocycles. The Bertz CT molecular complexity index is 709. The van der Waals surface area contributed by atoms with Crippen molar-refractivity contribution in [2.45, 2.75) is 26.8 Å². The molecule has 0 spiro atoms. The summed E-state index contributed by atoms with van der Waals surface area (Å²) in [5, 5.41) is 5.64. The van der Waals surface area contributed by atoms with Gasteiger partial charge in [-0.2, -0.15) is 0 Å². The van der Waals surface area contributed by atoms with Crippen molar-refractivity contribution in [2.75, 3.05) is 5.32 Å². The first-order valence-corrected chi connectivity index (χ1v) is 8.13. The molecular formula is C17H19BrN2O3. The number of carbonyl (C=O) groups is 2. The van der Waals surface area contributed by atoms with Crippen molar-refractivity contribution in [1.29, 1.82) is 0 Å². The van der Waals surface area contributed by atoms with Crippen molar-refractivity contribution in [2.24, 2.45) is 5.92 Å². The maximum Gasteiger partial charge on any atom is 0.291 e. The first-order chi connectivity index (χ1) is 10.9. The Morgan fingerprint density at radius 3 is 2.43 bits per heavy atom. The fourth-order valence-electron chi connectivity index (χ4n) is 1.82. The Balaban J connectivity index is 2.07. The maximum absolute atomic E-state index is 12.2. The lowest BCUT2D eigenvalue weighted by atomic mass is 10.1. The SMILES string of the molecule is CC(C)C(C)NC(=O)c1cccc(NC(=O)c2ccc(Br)o2)c1. The van der Waals surface area contributed by atoms with Crippen LogP contribution in [0.25, 0.3) is 0 Å². The van der Waals surface area contributed by atoms with Crippen LogP contribution in [0, 0.1) is 5.92 Å². The number of furan rings is 1. The quantitative estimate of drug-likeness (QED) is 0.823. The second-order valence-corrected chi connectivity index (χ2v) is 6.43. The van der Waals surface area contributed by atoms with Gasteiger partial charge in [-0.25, -0.2) is 0 Å². The lowest BCUT2D eigenvalue weighted by Gasteiger charge is -2.17. The molecule has 5 nitrogen and oxygen atoms in total. The minimum absolute atomic E-state index is 0.0706. The molecule has 0 aliphatic heterocycles. The Kier molecular flexibility index (Phi) is 5.60. The molecule has 2 rings (SSSR count). The van der Waals surface area contributed by atoms with Gasteiger partial charge in [0.05, 0.1) is 0 Å². The van der Waals surface area contributed by atoms with Crippen LogP contribution in [0.2, 0.25) is 0 Å². The fourth-order valence-corrected chi connectivity index (χ4v) is 2.13. The maximum atomic E-state index is 12.2. The smallest absolute Gasteiger partial charge is 0.291 e. The monoisotopic (exact) mass is 378 g/mol. The van der Waals surface area contributed by atoms with E-state index in [4.69, 9.17) is 4.42 Å². The van der Waals surface area contributed by atoms with Crippen LogP contribution in [0.1, 0.15) is 41.7 Å². The predicted molar refractivity (Wildman–Crippen MR) is 92.6 cm³/mol. The molecule has 2 N–H and O–H groups in total. The van der Waals surface area contributed by atoms with Gasteiger partial charge in [0.15, 0.2) is 10.4 Å². The molecular weight excluding hydrogens is 360 g/mol. The van der Waals surface area contributed by atoms with E-state index in [1.54, 1.807) is 36.4 Å². The van der Waals surface area contributed by atoms with Crippen LogP contribution in [0.5, 0.6) is 0 Å². The number of benzene rings is 1. The van der Waals surface area contributed by atoms with Crippen LogP contribution in [0.3, 0.4) is 0 Å². The topological polar surface area (TPSA) is 71.3 Å². The highest BCUT2D eigenvalue weighted by Crippen LogP contribution is 2.17. The molecule has 0 fully saturated rings. The van der Waals surface area contributed by atoms with E-state index in [2.05, 4.69) is 26.6 Å². The first-order valence-electron chi connectivity index (χ1n) is 7.34. The summed E-state index contributed by atoms with van der Waals surface area (Å²) < 4.78 is 5.68. The van der Waals surface area contributed by atoms with E-state index in [9.17, 15) is 9.59 Å². The Hall–Kier alpha value is -2.08. The summed E-state index contributed by atoms with van der Waals surface area (Å²) in [6, 6.07) is 10.1. The third kappa shape index (κ3) is 4.69. The summed E-state index contributed by atoms with van der Waals surface area (Å²) in [6.07, 6.45) is 0. The summed E-state index contributed by atoms with van der Waals surface area (Å²) in [5.41, 5.74) is 1.03. The molecule has 1 aromatic carbocycles. The number of hydrogen-bond donors (Lipinski definition) is 2. The van der Waals surface area contributed by atoms with Crippen molar-refractivity contribution in [3.63, 3.8) is 0 Å². The van der Waals surface area contributed by atoms with Gasteiger partial charge in [-0.15, -0.1) is 0 Å². The molecule has 0 radical (unpaired) electrons. The third-order valence-electron chi connectivity index (χ3n) is 3.54. The largest absolute Gasteiger partial charge is 0.444 e. The molecule has 2 aromatic rings. The lowest BCUT2D eigenvalue weighted by Crippen LogP contribution is -2.36. The average Bonchev–Trinajstić information content (AvgIpc) is 2.94. The number of rotatable bonds is 5. The highest BCUT2D eigenvalue weighted by Gasteiger charge is 2.14. The molecule has 1 unspecified atom stereocenters. The number of nitrogens with one attached hydrogen (secondary N) is 2. The summed E-state index contributed by atoms with van der Waals surface area (Å²) in [6.45, 7) is 6.05. The van der Waals surface area contributed by atoms with Gasteiger partial charge in [-0.3, -0.25) is 9.59 Å². The van der Waals surface area contributed by atoms with Crippen molar-refractivity contribution < 1.29 is 14.0 Å². The summed E-state index contributed by atoms with van der Waals surface area (Å²) >= 11 is 3.15. The van der Waals surface area contributed by atoms with E-state index < -0.39 is 0 Å². The van der Waals surface area contributed by atoms with Crippen molar-refractivity contribution in [1.82, 2.24) is 5.32 Å². The zero-order chi connectivity index (χ0) is 17.0. The second kappa shape index (κ2) is 7.46. The number of carbonyl (C=O) groups excluding carboxylic acids is 2. The van der Waals surface area contributed by atoms with Crippen molar-refractivity contribution in [3.05, 3.63) is 52.4 Å². The zero-order valence-corrected chi connectivity index (χ0v) is 14.8. The van der Waals surface area contributed by atoms with Gasteiger partial charge in [0.25, 0.3) is 11.8 Å². The second-order valence-electron chi connectivity index (χ2n) is 5.64. The molecule has 0 aliphatic rings. The zero-order valence-electron chi connectivity index (χ0n) is 13.2.